The number of hydrogen-bond acceptors (Lipinski definition) is 5. The van der Waals surface area contributed by atoms with Crippen molar-refractivity contribution < 1.29 is 9.47 Å². The molecule has 1 aromatic rings. The molecule has 0 radical (unpaired) electrons. The number of benzene rings is 1. The van der Waals surface area contributed by atoms with Gasteiger partial charge in [-0.1, -0.05) is 51.8 Å². The number of methoxy groups -OCH3 is 1. The number of fused-ring (bicyclic) bond motifs is 1. The molecule has 0 aromatic heterocycles. The van der Waals surface area contributed by atoms with E-state index in [1.807, 2.05) is 11.9 Å². The maximum absolute atomic E-state index is 6.16. The summed E-state index contributed by atoms with van der Waals surface area (Å²) in [5, 5.41) is 3.69. The van der Waals surface area contributed by atoms with Crippen molar-refractivity contribution in [3.8, 4) is 0 Å². The minimum absolute atomic E-state index is 0.0460. The zero-order valence-corrected chi connectivity index (χ0v) is 22.4. The first kappa shape index (κ1) is 26.3. The van der Waals surface area contributed by atoms with Gasteiger partial charge in [0.1, 0.15) is 0 Å². The molecule has 1 heterocycles. The molecular weight excluding hydrogens is 428 g/mol. The molecule has 33 heavy (non-hydrogen) atoms. The normalized spacial score (nSPS) is 21.7. The molecule has 1 unspecified atom stereocenters. The second kappa shape index (κ2) is 11.9. The van der Waals surface area contributed by atoms with Gasteiger partial charge in [-0.15, -0.1) is 0 Å². The molecular formula is C28H44N2O2S. The zero-order chi connectivity index (χ0) is 23.9. The summed E-state index contributed by atoms with van der Waals surface area (Å²) in [5.41, 5.74) is 5.95. The van der Waals surface area contributed by atoms with Crippen LogP contribution in [0.3, 0.4) is 0 Å². The Balaban J connectivity index is 1.73. The Kier molecular flexibility index (Phi) is 9.52. The monoisotopic (exact) mass is 472 g/mol. The van der Waals surface area contributed by atoms with Crippen LogP contribution in [0.15, 0.2) is 52.1 Å². The number of nitrogens with zero attached hydrogens (tertiary/aromatic N) is 1. The molecule has 3 rings (SSSR count). The first-order chi connectivity index (χ1) is 15.8. The highest BCUT2D eigenvalue weighted by atomic mass is 32.2. The third kappa shape index (κ3) is 7.11. The van der Waals surface area contributed by atoms with E-state index < -0.39 is 0 Å². The van der Waals surface area contributed by atoms with Crippen LogP contribution in [0, 0.1) is 5.41 Å². The summed E-state index contributed by atoms with van der Waals surface area (Å²) in [5.74, 6) is 0. The number of unbranched alkanes of at least 4 members (excludes halogenated alkanes) is 1. The molecule has 0 spiro atoms. The van der Waals surface area contributed by atoms with E-state index in [0.29, 0.717) is 13.2 Å². The lowest BCUT2D eigenvalue weighted by molar-refractivity contribution is 0.0150. The molecule has 1 aliphatic heterocycles. The summed E-state index contributed by atoms with van der Waals surface area (Å²) in [4.78, 5) is 1.32. The lowest BCUT2D eigenvalue weighted by Gasteiger charge is -2.46. The van der Waals surface area contributed by atoms with Crippen molar-refractivity contribution in [1.29, 1.82) is 0 Å². The Morgan fingerprint density at radius 3 is 2.58 bits per heavy atom. The minimum atomic E-state index is 0.0460. The lowest BCUT2D eigenvalue weighted by Crippen LogP contribution is -2.46. The van der Waals surface area contributed by atoms with E-state index >= 15 is 0 Å². The highest BCUT2D eigenvalue weighted by Crippen LogP contribution is 2.47. The second-order valence-corrected chi connectivity index (χ2v) is 11.8. The molecule has 0 amide bonds. The van der Waals surface area contributed by atoms with Gasteiger partial charge < -0.3 is 14.8 Å². The Morgan fingerprint density at radius 2 is 1.91 bits per heavy atom. The quantitative estimate of drug-likeness (QED) is 0.300. The van der Waals surface area contributed by atoms with E-state index in [1.54, 1.807) is 12.7 Å². The molecule has 4 nitrogen and oxygen atoms in total. The molecule has 1 aromatic carbocycles. The predicted molar refractivity (Wildman–Crippen MR) is 141 cm³/mol. The Labute approximate surface area is 206 Å². The van der Waals surface area contributed by atoms with Gasteiger partial charge >= 0.3 is 0 Å². The van der Waals surface area contributed by atoms with Crippen LogP contribution < -0.4 is 5.32 Å². The molecule has 1 N–H and O–H groups in total. The van der Waals surface area contributed by atoms with Crippen molar-refractivity contribution in [3.05, 3.63) is 52.7 Å². The minimum Gasteiger partial charge on any atom is -0.385 e. The van der Waals surface area contributed by atoms with Crippen LogP contribution in [0.2, 0.25) is 0 Å². The maximum atomic E-state index is 6.16. The molecule has 184 valence electrons. The van der Waals surface area contributed by atoms with Gasteiger partial charge in [0.2, 0.25) is 0 Å². The number of ether oxygens (including phenoxy) is 2. The largest absolute Gasteiger partial charge is 0.385 e. The van der Waals surface area contributed by atoms with Gasteiger partial charge in [0.15, 0.2) is 0 Å². The molecule has 1 saturated heterocycles. The van der Waals surface area contributed by atoms with E-state index in [0.717, 1.165) is 39.1 Å². The van der Waals surface area contributed by atoms with E-state index in [4.69, 9.17) is 9.47 Å². The lowest BCUT2D eigenvalue weighted by atomic mass is 9.69. The third-order valence-electron chi connectivity index (χ3n) is 6.78. The van der Waals surface area contributed by atoms with E-state index in [1.165, 1.54) is 34.6 Å². The number of allylic oxidation sites excluding steroid dienone is 2. The molecule has 5 heteroatoms. The van der Waals surface area contributed by atoms with Crippen LogP contribution in [0.1, 0.15) is 65.9 Å². The molecule has 0 bridgehead atoms. The smallest absolute Gasteiger partial charge is 0.0700 e. The van der Waals surface area contributed by atoms with Crippen molar-refractivity contribution in [1.82, 2.24) is 9.62 Å². The average Bonchev–Trinajstić information content (AvgIpc) is 2.77. The Hall–Kier alpha value is -1.27. The first-order valence-electron chi connectivity index (χ1n) is 12.5. The summed E-state index contributed by atoms with van der Waals surface area (Å²) in [7, 11) is 1.73. The fourth-order valence-corrected chi connectivity index (χ4v) is 5.82. The van der Waals surface area contributed by atoms with Crippen molar-refractivity contribution in [2.75, 3.05) is 46.6 Å². The van der Waals surface area contributed by atoms with Gasteiger partial charge in [0.25, 0.3) is 0 Å². The SMILES string of the molecule is CCCCNC1=C(C)CC2(COCCOC)CN(Sc3ccc(C(C)(C)C)cc3)CCC2=C1. The van der Waals surface area contributed by atoms with Crippen LogP contribution >= 0.6 is 11.9 Å². The summed E-state index contributed by atoms with van der Waals surface area (Å²) in [6.45, 7) is 16.5. The fourth-order valence-electron chi connectivity index (χ4n) is 4.77. The van der Waals surface area contributed by atoms with Crippen molar-refractivity contribution in [2.24, 2.45) is 5.41 Å². The van der Waals surface area contributed by atoms with Gasteiger partial charge in [-0.05, 0) is 72.9 Å². The van der Waals surface area contributed by atoms with Crippen molar-refractivity contribution >= 4 is 11.9 Å². The number of piperidine rings is 1. The first-order valence-corrected chi connectivity index (χ1v) is 13.3. The number of hydrogen-bond donors (Lipinski definition) is 1. The van der Waals surface area contributed by atoms with Crippen LogP contribution in [-0.4, -0.2) is 50.9 Å². The Bertz CT molecular complexity index is 825. The molecule has 1 atom stereocenters. The van der Waals surface area contributed by atoms with Gasteiger partial charge in [0.05, 0.1) is 19.8 Å². The van der Waals surface area contributed by atoms with Crippen LogP contribution in [0.5, 0.6) is 0 Å². The fraction of sp³-hybridized carbons (Fsp3) is 0.643. The standard InChI is InChI=1S/C28H44N2O2S/c1-7-8-14-29-26-18-24-13-15-30(33-25-11-9-23(10-12-25)27(3,4)5)20-28(24,19-22(26)2)21-32-17-16-31-6/h9-12,18,29H,7-8,13-17,19-21H2,1-6H3. The van der Waals surface area contributed by atoms with Gasteiger partial charge in [-0.25, -0.2) is 4.31 Å². The van der Waals surface area contributed by atoms with E-state index in [2.05, 4.69) is 74.6 Å². The molecule has 1 fully saturated rings. The average molecular weight is 473 g/mol. The number of nitrogens with one attached hydrogen (secondary N) is 1. The van der Waals surface area contributed by atoms with E-state index in [9.17, 15) is 0 Å². The van der Waals surface area contributed by atoms with Gasteiger partial charge in [0, 0.05) is 42.8 Å². The second-order valence-electron chi connectivity index (χ2n) is 10.6. The van der Waals surface area contributed by atoms with Gasteiger partial charge in [-0.3, -0.25) is 0 Å². The highest BCUT2D eigenvalue weighted by Gasteiger charge is 2.42. The summed E-state index contributed by atoms with van der Waals surface area (Å²) in [6.07, 6.45) is 7.02. The van der Waals surface area contributed by atoms with Crippen LogP contribution in [-0.2, 0) is 14.9 Å². The molecule has 1 aliphatic carbocycles. The van der Waals surface area contributed by atoms with Gasteiger partial charge in [-0.2, -0.15) is 0 Å². The highest BCUT2D eigenvalue weighted by molar-refractivity contribution is 7.97. The van der Waals surface area contributed by atoms with Crippen molar-refractivity contribution in [2.45, 2.75) is 70.6 Å². The van der Waals surface area contributed by atoms with Crippen molar-refractivity contribution in [3.63, 3.8) is 0 Å². The maximum Gasteiger partial charge on any atom is 0.0700 e. The summed E-state index contributed by atoms with van der Waals surface area (Å²) >= 11 is 1.89. The topological polar surface area (TPSA) is 33.7 Å². The summed E-state index contributed by atoms with van der Waals surface area (Å²) < 4.78 is 13.9. The zero-order valence-electron chi connectivity index (χ0n) is 21.6. The number of rotatable bonds is 11. The third-order valence-corrected chi connectivity index (χ3v) is 7.84. The molecule has 0 saturated carbocycles. The Morgan fingerprint density at radius 1 is 1.15 bits per heavy atom. The van der Waals surface area contributed by atoms with E-state index in [-0.39, 0.29) is 10.8 Å². The summed E-state index contributed by atoms with van der Waals surface area (Å²) in [6, 6.07) is 9.12. The van der Waals surface area contributed by atoms with Crippen LogP contribution in [0.25, 0.3) is 0 Å². The molecule has 2 aliphatic rings. The predicted octanol–water partition coefficient (Wildman–Crippen LogP) is 6.34. The van der Waals surface area contributed by atoms with Crippen LogP contribution in [0.4, 0.5) is 0 Å².